The molecule has 2 nitrogen and oxygen atoms in total. The molecule has 33 heavy (non-hydrogen) atoms. The van der Waals surface area contributed by atoms with Crippen LogP contribution in [0.2, 0.25) is 0 Å². The smallest absolute Gasteiger partial charge is 0.185 e. The van der Waals surface area contributed by atoms with E-state index in [-0.39, 0.29) is 23.2 Å². The van der Waals surface area contributed by atoms with Crippen molar-refractivity contribution in [3.63, 3.8) is 0 Å². The zero-order valence-corrected chi connectivity index (χ0v) is 22.4. The Morgan fingerprint density at radius 1 is 1.09 bits per heavy atom. The lowest BCUT2D eigenvalue weighted by atomic mass is 9.68. The van der Waals surface area contributed by atoms with E-state index in [1.54, 1.807) is 11.3 Å². The van der Waals surface area contributed by atoms with Crippen LogP contribution in [0.3, 0.4) is 0 Å². The highest BCUT2D eigenvalue weighted by Gasteiger charge is 2.55. The first-order valence-corrected chi connectivity index (χ1v) is 13.7. The van der Waals surface area contributed by atoms with E-state index in [2.05, 4.69) is 91.9 Å². The van der Waals surface area contributed by atoms with Crippen molar-refractivity contribution in [2.45, 2.75) is 78.3 Å². The van der Waals surface area contributed by atoms with E-state index in [1.807, 2.05) is 6.08 Å². The third kappa shape index (κ3) is 3.61. The Balaban J connectivity index is 1.49. The fraction of sp³-hybridized carbons (Fsp3) is 0.567. The van der Waals surface area contributed by atoms with E-state index in [0.29, 0.717) is 23.8 Å². The van der Waals surface area contributed by atoms with Crippen molar-refractivity contribution in [1.82, 2.24) is 4.90 Å². The number of nitrogens with zero attached hydrogens (tertiary/aromatic N) is 1. The topological polar surface area (TPSA) is 20.3 Å². The first-order chi connectivity index (χ1) is 15.7. The summed E-state index contributed by atoms with van der Waals surface area (Å²) in [7, 11) is 0. The molecule has 0 saturated heterocycles. The summed E-state index contributed by atoms with van der Waals surface area (Å²) < 4.78 is 1.18. The number of halogens is 1. The lowest BCUT2D eigenvalue weighted by Crippen LogP contribution is -2.58. The standard InChI is InChI=1S/C30H38BrNO/c1-18-15-22(31)13-14-23(18)29(33)25-16-20(3)28(17-19(25)2)32-27-12-7-6-10-24(27)26-11-8-9-21(4)30(26,32)5/h6,8,10-11,13-14,16,18-21,26,28H,7,9,12,15,17H2,1-5H3. The van der Waals surface area contributed by atoms with E-state index in [9.17, 15) is 4.79 Å². The van der Waals surface area contributed by atoms with Gasteiger partial charge in [0.2, 0.25) is 0 Å². The van der Waals surface area contributed by atoms with Gasteiger partial charge in [0.05, 0.1) is 5.54 Å². The Bertz CT molecular complexity index is 1040. The summed E-state index contributed by atoms with van der Waals surface area (Å²) in [6.07, 6.45) is 21.5. The Labute approximate surface area is 208 Å². The maximum absolute atomic E-state index is 13.6. The number of carbonyl (C=O) groups excluding carboxylic acids is 1. The molecule has 5 rings (SSSR count). The molecule has 1 aliphatic heterocycles. The largest absolute Gasteiger partial charge is 0.364 e. The van der Waals surface area contributed by atoms with E-state index >= 15 is 0 Å². The van der Waals surface area contributed by atoms with Gasteiger partial charge in [0.25, 0.3) is 0 Å². The normalized spacial score (nSPS) is 40.2. The van der Waals surface area contributed by atoms with Crippen LogP contribution >= 0.6 is 15.9 Å². The number of allylic oxidation sites excluding steroid dienone is 9. The first kappa shape index (κ1) is 23.1. The van der Waals surface area contributed by atoms with Gasteiger partial charge in [-0.25, -0.2) is 0 Å². The molecule has 0 spiro atoms. The summed E-state index contributed by atoms with van der Waals surface area (Å²) in [4.78, 5) is 16.5. The minimum Gasteiger partial charge on any atom is -0.364 e. The Morgan fingerprint density at radius 3 is 2.64 bits per heavy atom. The highest BCUT2D eigenvalue weighted by molar-refractivity contribution is 9.11. The summed E-state index contributed by atoms with van der Waals surface area (Å²) in [5.41, 5.74) is 5.27. The predicted molar refractivity (Wildman–Crippen MR) is 141 cm³/mol. The molecule has 0 bridgehead atoms. The molecule has 7 atom stereocenters. The monoisotopic (exact) mass is 507 g/mol. The quantitative estimate of drug-likeness (QED) is 0.365. The maximum atomic E-state index is 13.6. The molecule has 176 valence electrons. The molecule has 0 amide bonds. The molecule has 0 fully saturated rings. The van der Waals surface area contributed by atoms with Crippen LogP contribution in [-0.2, 0) is 4.79 Å². The number of hydrogen-bond acceptors (Lipinski definition) is 2. The summed E-state index contributed by atoms with van der Waals surface area (Å²) in [5.74, 6) is 2.28. The van der Waals surface area contributed by atoms with Crippen LogP contribution in [0, 0.1) is 29.6 Å². The third-order valence-corrected chi connectivity index (χ3v) is 9.86. The van der Waals surface area contributed by atoms with Crippen LogP contribution < -0.4 is 0 Å². The van der Waals surface area contributed by atoms with Crippen molar-refractivity contribution < 1.29 is 4.79 Å². The van der Waals surface area contributed by atoms with Gasteiger partial charge in [0.1, 0.15) is 0 Å². The first-order valence-electron chi connectivity index (χ1n) is 12.9. The van der Waals surface area contributed by atoms with E-state index < -0.39 is 0 Å². The van der Waals surface area contributed by atoms with Crippen LogP contribution in [0.4, 0.5) is 0 Å². The average Bonchev–Trinajstić information content (AvgIpc) is 3.04. The van der Waals surface area contributed by atoms with Crippen molar-refractivity contribution in [3.8, 4) is 0 Å². The molecular formula is C30H38BrNO. The molecule has 4 aliphatic carbocycles. The van der Waals surface area contributed by atoms with Gasteiger partial charge in [-0.1, -0.05) is 86.2 Å². The Morgan fingerprint density at radius 2 is 1.88 bits per heavy atom. The average molecular weight is 509 g/mol. The fourth-order valence-electron chi connectivity index (χ4n) is 7.21. The zero-order valence-electron chi connectivity index (χ0n) is 20.8. The van der Waals surface area contributed by atoms with Crippen LogP contribution in [-0.4, -0.2) is 22.3 Å². The van der Waals surface area contributed by atoms with Crippen molar-refractivity contribution in [2.75, 3.05) is 0 Å². The SMILES string of the molecule is CC1CC(Br)=CC=C1C(=O)C1=CC(C)C(N2C3=C(C=CCC3)C3C=CCC(C)C32C)CC1C. The third-order valence-electron chi connectivity index (χ3n) is 9.28. The minimum absolute atomic E-state index is 0.125. The number of fused-ring (bicyclic) bond motifs is 2. The second-order valence-corrected chi connectivity index (χ2v) is 12.4. The van der Waals surface area contributed by atoms with Crippen molar-refractivity contribution in [2.24, 2.45) is 29.6 Å². The van der Waals surface area contributed by atoms with Gasteiger partial charge in [0.15, 0.2) is 5.78 Å². The fourth-order valence-corrected chi connectivity index (χ4v) is 7.83. The van der Waals surface area contributed by atoms with Gasteiger partial charge < -0.3 is 4.90 Å². The molecule has 1 heterocycles. The van der Waals surface area contributed by atoms with E-state index in [0.717, 1.165) is 43.3 Å². The molecule has 0 saturated carbocycles. The number of rotatable bonds is 3. The molecule has 0 aromatic carbocycles. The molecule has 7 unspecified atom stereocenters. The number of ketones is 1. The maximum Gasteiger partial charge on any atom is 0.185 e. The number of hydrogen-bond donors (Lipinski definition) is 0. The highest BCUT2D eigenvalue weighted by atomic mass is 79.9. The van der Waals surface area contributed by atoms with Crippen molar-refractivity contribution >= 4 is 21.7 Å². The predicted octanol–water partition coefficient (Wildman–Crippen LogP) is 7.66. The lowest BCUT2D eigenvalue weighted by molar-refractivity contribution is -0.113. The van der Waals surface area contributed by atoms with Gasteiger partial charge in [-0.2, -0.15) is 0 Å². The molecule has 0 aromatic rings. The van der Waals surface area contributed by atoms with Crippen LogP contribution in [0.1, 0.15) is 66.7 Å². The zero-order chi connectivity index (χ0) is 23.5. The van der Waals surface area contributed by atoms with E-state index in [1.165, 1.54) is 4.48 Å². The van der Waals surface area contributed by atoms with E-state index in [4.69, 9.17) is 0 Å². The second kappa shape index (κ2) is 8.56. The number of carbonyl (C=O) groups is 1. The van der Waals surface area contributed by atoms with Gasteiger partial charge >= 0.3 is 0 Å². The Kier molecular flexibility index (Phi) is 6.00. The van der Waals surface area contributed by atoms with Crippen molar-refractivity contribution in [3.05, 3.63) is 69.4 Å². The number of Topliss-reactive ketones (excluding diaryl/α,β-unsaturated/α-hetero) is 1. The molecular weight excluding hydrogens is 470 g/mol. The Hall–Kier alpha value is -1.61. The highest BCUT2D eigenvalue weighted by Crippen LogP contribution is 2.55. The summed E-state index contributed by atoms with van der Waals surface area (Å²) in [6, 6.07) is 0.448. The van der Waals surface area contributed by atoms with Gasteiger partial charge in [-0.15, -0.1) is 0 Å². The molecule has 0 radical (unpaired) electrons. The summed E-state index contributed by atoms with van der Waals surface area (Å²) in [6.45, 7) is 11.7. The molecule has 5 aliphatic rings. The van der Waals surface area contributed by atoms with Gasteiger partial charge in [-0.3, -0.25) is 4.79 Å². The molecule has 0 N–H and O–H groups in total. The summed E-state index contributed by atoms with van der Waals surface area (Å²) >= 11 is 3.61. The van der Waals surface area contributed by atoms with Gasteiger partial charge in [0, 0.05) is 23.2 Å². The van der Waals surface area contributed by atoms with Crippen LogP contribution in [0.5, 0.6) is 0 Å². The molecule has 3 heteroatoms. The second-order valence-electron chi connectivity index (χ2n) is 11.3. The van der Waals surface area contributed by atoms with Gasteiger partial charge in [-0.05, 0) is 78.3 Å². The molecule has 0 aromatic heterocycles. The van der Waals surface area contributed by atoms with Crippen LogP contribution in [0.15, 0.2) is 69.4 Å². The lowest BCUT2D eigenvalue weighted by Gasteiger charge is -2.53. The van der Waals surface area contributed by atoms with Crippen LogP contribution in [0.25, 0.3) is 0 Å². The minimum atomic E-state index is 0.125. The summed E-state index contributed by atoms with van der Waals surface area (Å²) in [5, 5.41) is 0. The van der Waals surface area contributed by atoms with Crippen molar-refractivity contribution in [1.29, 1.82) is 0 Å².